The van der Waals surface area contributed by atoms with E-state index in [2.05, 4.69) is 35.8 Å². The fraction of sp³-hybridized carbons (Fsp3) is 0.217. The van der Waals surface area contributed by atoms with Crippen LogP contribution in [-0.4, -0.2) is 40.4 Å². The van der Waals surface area contributed by atoms with Gasteiger partial charge in [0.05, 0.1) is 35.7 Å². The second-order valence-corrected chi connectivity index (χ2v) is 7.79. The number of hydrogen-bond acceptors (Lipinski definition) is 7. The molecule has 0 aliphatic rings. The lowest BCUT2D eigenvalue weighted by Crippen LogP contribution is -2.13. The average molecular weight is 441 g/mol. The third-order valence-corrected chi connectivity index (χ3v) is 5.47. The first kappa shape index (κ1) is 20.6. The van der Waals surface area contributed by atoms with Crippen LogP contribution < -0.4 is 10.6 Å². The Morgan fingerprint density at radius 1 is 1.12 bits per heavy atom. The van der Waals surface area contributed by atoms with Crippen LogP contribution in [0.15, 0.2) is 55.1 Å². The normalized spacial score (nSPS) is 12.2. The van der Waals surface area contributed by atoms with Crippen molar-refractivity contribution in [2.45, 2.75) is 26.4 Å². The summed E-state index contributed by atoms with van der Waals surface area (Å²) in [5.74, 6) is 0.410. The number of anilines is 2. The maximum atomic E-state index is 12.8. The molecule has 0 radical (unpaired) electrons. The maximum Gasteiger partial charge on any atom is 0.257 e. The van der Waals surface area contributed by atoms with Crippen LogP contribution in [0.25, 0.3) is 22.2 Å². The van der Waals surface area contributed by atoms with E-state index in [1.54, 1.807) is 29.3 Å². The molecule has 4 aromatic heterocycles. The molecule has 4 heterocycles. The Morgan fingerprint density at radius 2 is 1.97 bits per heavy atom. The highest BCUT2D eigenvalue weighted by Gasteiger charge is 2.13. The third-order valence-electron chi connectivity index (χ3n) is 5.47. The molecule has 1 aromatic carbocycles. The van der Waals surface area contributed by atoms with Crippen LogP contribution in [0.3, 0.4) is 0 Å². The number of amides is 1. The van der Waals surface area contributed by atoms with E-state index >= 15 is 0 Å². The minimum absolute atomic E-state index is 0.0608. The predicted octanol–water partition coefficient (Wildman–Crippen LogP) is 3.55. The Balaban J connectivity index is 1.31. The second kappa shape index (κ2) is 8.30. The van der Waals surface area contributed by atoms with Crippen molar-refractivity contribution in [3.05, 3.63) is 66.2 Å². The van der Waals surface area contributed by atoms with Gasteiger partial charge in [-0.1, -0.05) is 12.1 Å². The first-order chi connectivity index (χ1) is 16.0. The summed E-state index contributed by atoms with van der Waals surface area (Å²) in [4.78, 5) is 26.1. The van der Waals surface area contributed by atoms with Crippen molar-refractivity contribution in [3.8, 4) is 0 Å². The number of benzene rings is 1. The molecule has 0 spiro atoms. The smallest absolute Gasteiger partial charge is 0.257 e. The summed E-state index contributed by atoms with van der Waals surface area (Å²) in [5, 5.41) is 14.9. The van der Waals surface area contributed by atoms with Gasteiger partial charge in [-0.05, 0) is 37.6 Å². The highest BCUT2D eigenvalue weighted by molar-refractivity contribution is 6.05. The zero-order valence-electron chi connectivity index (χ0n) is 18.5. The number of hydrogen-bond donors (Lipinski definition) is 2. The first-order valence-corrected chi connectivity index (χ1v) is 10.7. The fourth-order valence-electron chi connectivity index (χ4n) is 3.62. The zero-order chi connectivity index (χ0) is 22.9. The van der Waals surface area contributed by atoms with Crippen molar-refractivity contribution in [3.63, 3.8) is 0 Å². The van der Waals surface area contributed by atoms with Crippen molar-refractivity contribution in [1.82, 2.24) is 34.5 Å². The number of carbonyl (C=O) groups is 1. The molecule has 0 aliphatic heterocycles. The highest BCUT2D eigenvalue weighted by Crippen LogP contribution is 2.22. The standard InChI is InChI=1S/C23H23N9O/c1-4-32-13-19-22(30-32)29-21(12-25-19)27-14(2)15-6-5-7-17(8-15)28-23(33)16-9-20-18(24-10-16)11-26-31(20)3/h5-14H,4H2,1-3H3,(H,28,33)(H,27,29,30)/t14-/m0/s1. The third kappa shape index (κ3) is 4.10. The van der Waals surface area contributed by atoms with Crippen LogP contribution in [0.4, 0.5) is 11.5 Å². The largest absolute Gasteiger partial charge is 0.362 e. The van der Waals surface area contributed by atoms with Gasteiger partial charge in [0.1, 0.15) is 16.9 Å². The highest BCUT2D eigenvalue weighted by atomic mass is 16.1. The Bertz CT molecular complexity index is 1470. The second-order valence-electron chi connectivity index (χ2n) is 7.79. The molecule has 5 rings (SSSR count). The molecule has 0 unspecified atom stereocenters. The summed E-state index contributed by atoms with van der Waals surface area (Å²) in [6, 6.07) is 9.41. The van der Waals surface area contributed by atoms with Gasteiger partial charge in [-0.15, -0.1) is 0 Å². The summed E-state index contributed by atoms with van der Waals surface area (Å²) in [6.07, 6.45) is 6.81. The van der Waals surface area contributed by atoms with Crippen molar-refractivity contribution >= 4 is 39.6 Å². The molecule has 0 aliphatic carbocycles. The number of rotatable bonds is 6. The van der Waals surface area contributed by atoms with Crippen molar-refractivity contribution in [1.29, 1.82) is 0 Å². The monoisotopic (exact) mass is 441 g/mol. The molecular formula is C23H23N9O. The summed E-state index contributed by atoms with van der Waals surface area (Å²) in [7, 11) is 1.82. The number of nitrogens with one attached hydrogen (secondary N) is 2. The minimum Gasteiger partial charge on any atom is -0.362 e. The van der Waals surface area contributed by atoms with Crippen molar-refractivity contribution in [2.24, 2.45) is 7.05 Å². The van der Waals surface area contributed by atoms with Crippen molar-refractivity contribution < 1.29 is 4.79 Å². The lowest BCUT2D eigenvalue weighted by Gasteiger charge is -2.16. The van der Waals surface area contributed by atoms with Gasteiger partial charge in [-0.3, -0.25) is 19.1 Å². The van der Waals surface area contributed by atoms with Gasteiger partial charge >= 0.3 is 0 Å². The topological polar surface area (TPSA) is 115 Å². The molecule has 5 aromatic rings. The lowest BCUT2D eigenvalue weighted by atomic mass is 10.1. The summed E-state index contributed by atoms with van der Waals surface area (Å²) in [6.45, 7) is 4.81. The zero-order valence-corrected chi connectivity index (χ0v) is 18.5. The predicted molar refractivity (Wildman–Crippen MR) is 126 cm³/mol. The molecule has 2 N–H and O–H groups in total. The summed E-state index contributed by atoms with van der Waals surface area (Å²) < 4.78 is 3.51. The molecule has 166 valence electrons. The first-order valence-electron chi connectivity index (χ1n) is 10.7. The number of nitrogens with zero attached hydrogens (tertiary/aromatic N) is 7. The summed E-state index contributed by atoms with van der Waals surface area (Å²) in [5.41, 5.74) is 5.08. The summed E-state index contributed by atoms with van der Waals surface area (Å²) >= 11 is 0. The lowest BCUT2D eigenvalue weighted by molar-refractivity contribution is 0.102. The molecular weight excluding hydrogens is 418 g/mol. The van der Waals surface area contributed by atoms with E-state index in [-0.39, 0.29) is 11.9 Å². The number of pyridine rings is 1. The Kier molecular flexibility index (Phi) is 5.17. The van der Waals surface area contributed by atoms with Gasteiger partial charge < -0.3 is 10.6 Å². The number of aromatic nitrogens is 7. The van der Waals surface area contributed by atoms with E-state index in [4.69, 9.17) is 0 Å². The van der Waals surface area contributed by atoms with Gasteiger partial charge in [0.2, 0.25) is 5.65 Å². The van der Waals surface area contributed by atoms with E-state index in [0.29, 0.717) is 22.7 Å². The van der Waals surface area contributed by atoms with E-state index in [9.17, 15) is 4.79 Å². The molecule has 1 amide bonds. The molecule has 1 atom stereocenters. The number of aryl methyl sites for hydroxylation is 2. The van der Waals surface area contributed by atoms with Gasteiger partial charge in [-0.25, -0.2) is 9.97 Å². The molecule has 0 saturated carbocycles. The quantitative estimate of drug-likeness (QED) is 0.414. The van der Waals surface area contributed by atoms with Crippen LogP contribution >= 0.6 is 0 Å². The van der Waals surface area contributed by atoms with E-state index < -0.39 is 0 Å². The molecule has 0 fully saturated rings. The van der Waals surface area contributed by atoms with Crippen LogP contribution in [0, 0.1) is 0 Å². The van der Waals surface area contributed by atoms with Crippen LogP contribution in [0.2, 0.25) is 0 Å². The van der Waals surface area contributed by atoms with E-state index in [0.717, 1.165) is 28.7 Å². The van der Waals surface area contributed by atoms with Gasteiger partial charge in [-0.2, -0.15) is 10.2 Å². The molecule has 10 nitrogen and oxygen atoms in total. The van der Waals surface area contributed by atoms with Gasteiger partial charge in [0.15, 0.2) is 0 Å². The minimum atomic E-state index is -0.230. The van der Waals surface area contributed by atoms with Gasteiger partial charge in [0, 0.05) is 25.5 Å². The number of carbonyl (C=O) groups excluding carboxylic acids is 1. The van der Waals surface area contributed by atoms with Crippen molar-refractivity contribution in [2.75, 3.05) is 10.6 Å². The molecule has 10 heteroatoms. The molecule has 33 heavy (non-hydrogen) atoms. The Hall–Kier alpha value is -4.34. The van der Waals surface area contributed by atoms with Crippen LogP contribution in [0.1, 0.15) is 35.8 Å². The SMILES string of the molecule is CCn1cc2ncc(N[C@@H](C)c3cccc(NC(=O)c4cnc5cnn(C)c5c4)c3)nc2n1. The van der Waals surface area contributed by atoms with E-state index in [1.165, 1.54) is 0 Å². The van der Waals surface area contributed by atoms with Gasteiger partial charge in [0.25, 0.3) is 5.91 Å². The Morgan fingerprint density at radius 3 is 2.82 bits per heavy atom. The fourth-order valence-corrected chi connectivity index (χ4v) is 3.62. The number of fused-ring (bicyclic) bond motifs is 2. The molecule has 0 bridgehead atoms. The Labute approximate surface area is 189 Å². The van der Waals surface area contributed by atoms with Crippen LogP contribution in [0.5, 0.6) is 0 Å². The average Bonchev–Trinajstić information content (AvgIpc) is 3.41. The maximum absolute atomic E-state index is 12.8. The van der Waals surface area contributed by atoms with Crippen LogP contribution in [-0.2, 0) is 13.6 Å². The molecule has 0 saturated heterocycles. The van der Waals surface area contributed by atoms with E-state index in [1.807, 2.05) is 56.0 Å².